The lowest BCUT2D eigenvalue weighted by Crippen LogP contribution is -2.28. The van der Waals surface area contributed by atoms with Crippen molar-refractivity contribution >= 4 is 17.8 Å². The number of imidazole rings is 1. The number of rotatable bonds is 1. The molecule has 0 fully saturated rings. The van der Waals surface area contributed by atoms with Crippen molar-refractivity contribution in [2.45, 2.75) is 19.8 Å². The van der Waals surface area contributed by atoms with Gasteiger partial charge in [-0.25, -0.2) is 4.98 Å². The maximum absolute atomic E-state index is 11.3. The molecule has 5 heteroatoms. The Hall–Kier alpha value is -1.65. The number of nitrogens with zero attached hydrogens (tertiary/aromatic N) is 2. The zero-order valence-electron chi connectivity index (χ0n) is 7.20. The van der Waals surface area contributed by atoms with E-state index in [4.69, 9.17) is 0 Å². The molecule has 0 radical (unpaired) electrons. The molecule has 0 aliphatic carbocycles. The third-order valence-electron chi connectivity index (χ3n) is 1.95. The van der Waals surface area contributed by atoms with Gasteiger partial charge in [0.1, 0.15) is 6.42 Å². The van der Waals surface area contributed by atoms with Gasteiger partial charge in [-0.2, -0.15) is 0 Å². The lowest BCUT2D eigenvalue weighted by molar-refractivity contribution is -0.115. The first kappa shape index (κ1) is 7.97. The van der Waals surface area contributed by atoms with Crippen molar-refractivity contribution in [1.29, 1.82) is 0 Å². The molecular formula is C8H9N3O2. The Kier molecular flexibility index (Phi) is 1.65. The fraction of sp³-hybridized carbons (Fsp3) is 0.375. The summed E-state index contributed by atoms with van der Waals surface area (Å²) in [5, 5.41) is 2.54. The van der Waals surface area contributed by atoms with Crippen LogP contribution in [0.4, 0.5) is 5.95 Å². The summed E-state index contributed by atoms with van der Waals surface area (Å²) in [5.74, 6) is -0.158. The van der Waals surface area contributed by atoms with Gasteiger partial charge in [0.25, 0.3) is 0 Å². The van der Waals surface area contributed by atoms with Gasteiger partial charge in [-0.3, -0.25) is 19.5 Å². The lowest BCUT2D eigenvalue weighted by atomic mass is 10.3. The molecule has 13 heavy (non-hydrogen) atoms. The summed E-state index contributed by atoms with van der Waals surface area (Å²) < 4.78 is 1.39. The molecule has 5 nitrogen and oxygen atoms in total. The SMILES string of the molecule is CCc1cn2c(n1)NC(=O)CC2=O. The fourth-order valence-corrected chi connectivity index (χ4v) is 1.27. The molecule has 0 atom stereocenters. The van der Waals surface area contributed by atoms with Gasteiger partial charge in [0.2, 0.25) is 17.8 Å². The molecule has 0 unspecified atom stereocenters. The molecule has 1 aromatic heterocycles. The number of fused-ring (bicyclic) bond motifs is 1. The zero-order chi connectivity index (χ0) is 9.42. The third-order valence-corrected chi connectivity index (χ3v) is 1.95. The number of hydrogen-bond acceptors (Lipinski definition) is 3. The standard InChI is InChI=1S/C8H9N3O2/c1-2-5-4-11-7(13)3-6(12)10-8(11)9-5/h4H,2-3H2,1H3,(H,9,10,12). The fourth-order valence-electron chi connectivity index (χ4n) is 1.27. The highest BCUT2D eigenvalue weighted by molar-refractivity contribution is 6.08. The average molecular weight is 179 g/mol. The lowest BCUT2D eigenvalue weighted by Gasteiger charge is -2.11. The van der Waals surface area contributed by atoms with Crippen molar-refractivity contribution in [2.75, 3.05) is 5.32 Å². The van der Waals surface area contributed by atoms with Gasteiger partial charge in [-0.1, -0.05) is 6.92 Å². The molecule has 2 heterocycles. The summed E-state index contributed by atoms with van der Waals surface area (Å²) in [6.07, 6.45) is 2.33. The van der Waals surface area contributed by atoms with Gasteiger partial charge in [0.05, 0.1) is 5.69 Å². The Balaban J connectivity index is 2.46. The molecule has 0 saturated carbocycles. The number of aromatic nitrogens is 2. The second-order valence-electron chi connectivity index (χ2n) is 2.90. The molecule has 0 saturated heterocycles. The van der Waals surface area contributed by atoms with Crippen LogP contribution in [0.15, 0.2) is 6.20 Å². The largest absolute Gasteiger partial charge is 0.295 e. The van der Waals surface area contributed by atoms with Gasteiger partial charge in [-0.05, 0) is 6.42 Å². The van der Waals surface area contributed by atoms with Crippen LogP contribution in [0.1, 0.15) is 23.8 Å². The quantitative estimate of drug-likeness (QED) is 0.636. The first-order chi connectivity index (χ1) is 6.20. The summed E-state index contributed by atoms with van der Waals surface area (Å²) in [7, 11) is 0. The number of hydrogen-bond donors (Lipinski definition) is 1. The predicted octanol–water partition coefficient (Wildman–Crippen LogP) is 0.428. The summed E-state index contributed by atoms with van der Waals surface area (Å²) in [4.78, 5) is 26.3. The highest BCUT2D eigenvalue weighted by atomic mass is 16.2. The number of anilines is 1. The minimum absolute atomic E-state index is 0.0908. The minimum atomic E-state index is -0.286. The van der Waals surface area contributed by atoms with E-state index in [0.717, 1.165) is 12.1 Å². The van der Waals surface area contributed by atoms with Gasteiger partial charge in [0.15, 0.2) is 0 Å². The van der Waals surface area contributed by atoms with Crippen LogP contribution >= 0.6 is 0 Å². The van der Waals surface area contributed by atoms with Crippen molar-refractivity contribution in [1.82, 2.24) is 9.55 Å². The number of amides is 1. The van der Waals surface area contributed by atoms with Crippen LogP contribution in [-0.4, -0.2) is 21.4 Å². The first-order valence-corrected chi connectivity index (χ1v) is 4.12. The first-order valence-electron chi connectivity index (χ1n) is 4.12. The average Bonchev–Trinajstić information content (AvgIpc) is 2.47. The molecule has 1 N–H and O–H groups in total. The van der Waals surface area contributed by atoms with E-state index in [-0.39, 0.29) is 18.2 Å². The molecule has 1 aliphatic rings. The van der Waals surface area contributed by atoms with Crippen molar-refractivity contribution in [3.63, 3.8) is 0 Å². The van der Waals surface area contributed by atoms with E-state index < -0.39 is 0 Å². The van der Waals surface area contributed by atoms with Gasteiger partial charge < -0.3 is 0 Å². The van der Waals surface area contributed by atoms with E-state index in [1.54, 1.807) is 6.20 Å². The van der Waals surface area contributed by atoms with Crippen LogP contribution in [0.5, 0.6) is 0 Å². The minimum Gasteiger partial charge on any atom is -0.295 e. The molecular weight excluding hydrogens is 170 g/mol. The molecule has 0 bridgehead atoms. The van der Waals surface area contributed by atoms with E-state index in [2.05, 4.69) is 10.3 Å². The van der Waals surface area contributed by atoms with E-state index >= 15 is 0 Å². The van der Waals surface area contributed by atoms with Crippen LogP contribution in [0.3, 0.4) is 0 Å². The molecule has 2 rings (SSSR count). The van der Waals surface area contributed by atoms with E-state index in [1.807, 2.05) is 6.92 Å². The molecule has 68 valence electrons. The second-order valence-corrected chi connectivity index (χ2v) is 2.90. The third kappa shape index (κ3) is 1.22. The molecule has 0 aromatic carbocycles. The molecule has 1 amide bonds. The maximum Gasteiger partial charge on any atom is 0.242 e. The Bertz CT molecular complexity index is 381. The summed E-state index contributed by atoms with van der Waals surface area (Å²) in [6, 6.07) is 0. The van der Waals surface area contributed by atoms with E-state index in [1.165, 1.54) is 4.57 Å². The van der Waals surface area contributed by atoms with Crippen LogP contribution in [0, 0.1) is 0 Å². The summed E-state index contributed by atoms with van der Waals surface area (Å²) >= 11 is 0. The molecule has 1 aliphatic heterocycles. The summed E-state index contributed by atoms with van der Waals surface area (Å²) in [5.41, 5.74) is 0.811. The summed E-state index contributed by atoms with van der Waals surface area (Å²) in [6.45, 7) is 1.95. The van der Waals surface area contributed by atoms with Crippen molar-refractivity contribution in [3.8, 4) is 0 Å². The molecule has 0 spiro atoms. The van der Waals surface area contributed by atoms with Crippen LogP contribution in [0.2, 0.25) is 0 Å². The Morgan fingerprint density at radius 1 is 1.62 bits per heavy atom. The van der Waals surface area contributed by atoms with Crippen LogP contribution in [-0.2, 0) is 11.2 Å². The monoisotopic (exact) mass is 179 g/mol. The van der Waals surface area contributed by atoms with E-state index in [9.17, 15) is 9.59 Å². The number of nitrogens with one attached hydrogen (secondary N) is 1. The number of carbonyl (C=O) groups is 2. The van der Waals surface area contributed by atoms with Crippen LogP contribution < -0.4 is 5.32 Å². The van der Waals surface area contributed by atoms with E-state index in [0.29, 0.717) is 5.95 Å². The Morgan fingerprint density at radius 2 is 2.38 bits per heavy atom. The van der Waals surface area contributed by atoms with Crippen molar-refractivity contribution in [2.24, 2.45) is 0 Å². The zero-order valence-corrected chi connectivity index (χ0v) is 7.20. The van der Waals surface area contributed by atoms with Gasteiger partial charge in [0, 0.05) is 6.20 Å². The smallest absolute Gasteiger partial charge is 0.242 e. The predicted molar refractivity (Wildman–Crippen MR) is 45.5 cm³/mol. The normalized spacial score (nSPS) is 15.5. The highest BCUT2D eigenvalue weighted by Crippen LogP contribution is 2.14. The van der Waals surface area contributed by atoms with Crippen LogP contribution in [0.25, 0.3) is 0 Å². The van der Waals surface area contributed by atoms with Gasteiger partial charge in [-0.15, -0.1) is 0 Å². The highest BCUT2D eigenvalue weighted by Gasteiger charge is 2.23. The molecule has 1 aromatic rings. The number of aryl methyl sites for hydroxylation is 1. The second kappa shape index (κ2) is 2.69. The topological polar surface area (TPSA) is 64.0 Å². The van der Waals surface area contributed by atoms with Crippen molar-refractivity contribution in [3.05, 3.63) is 11.9 Å². The maximum atomic E-state index is 11.3. The van der Waals surface area contributed by atoms with Gasteiger partial charge >= 0.3 is 0 Å². The number of carbonyl (C=O) groups excluding carboxylic acids is 2. The Labute approximate surface area is 74.8 Å². The van der Waals surface area contributed by atoms with Crippen molar-refractivity contribution < 1.29 is 9.59 Å². The Morgan fingerprint density at radius 3 is 3.08 bits per heavy atom.